The van der Waals surface area contributed by atoms with Crippen molar-refractivity contribution in [1.29, 1.82) is 0 Å². The minimum absolute atomic E-state index is 0.0854. The minimum atomic E-state index is 0.0854. The van der Waals surface area contributed by atoms with E-state index in [1.54, 1.807) is 12.3 Å². The summed E-state index contributed by atoms with van der Waals surface area (Å²) in [6.07, 6.45) is 3.71. The summed E-state index contributed by atoms with van der Waals surface area (Å²) in [5.74, 6) is 0. The first-order valence-corrected chi connectivity index (χ1v) is 3.50. The Bertz CT molecular complexity index is 251. The van der Waals surface area contributed by atoms with Crippen LogP contribution in [0.3, 0.4) is 0 Å². The Balaban J connectivity index is 2.85. The second kappa shape index (κ2) is 3.20. The SMILES string of the molecule is CCCc1cc(=O)cc[nH]1. The number of nitrogens with one attached hydrogen (secondary N) is 1. The van der Waals surface area contributed by atoms with E-state index in [-0.39, 0.29) is 5.43 Å². The van der Waals surface area contributed by atoms with Gasteiger partial charge in [0, 0.05) is 24.0 Å². The summed E-state index contributed by atoms with van der Waals surface area (Å²) < 4.78 is 0. The van der Waals surface area contributed by atoms with E-state index in [0.717, 1.165) is 18.5 Å². The molecule has 0 bridgehead atoms. The average Bonchev–Trinajstić information content (AvgIpc) is 1.88. The molecule has 1 N–H and O–H groups in total. The standard InChI is InChI=1S/C8H11NO/c1-2-3-7-6-8(10)4-5-9-7/h4-6H,2-3H2,1H3,(H,9,10). The van der Waals surface area contributed by atoms with Crippen molar-refractivity contribution in [2.45, 2.75) is 19.8 Å². The molecule has 0 saturated heterocycles. The third kappa shape index (κ3) is 1.72. The van der Waals surface area contributed by atoms with Gasteiger partial charge in [0.1, 0.15) is 0 Å². The summed E-state index contributed by atoms with van der Waals surface area (Å²) in [5.41, 5.74) is 1.11. The molecule has 0 spiro atoms. The molecule has 0 saturated carbocycles. The number of aromatic amines is 1. The third-order valence-corrected chi connectivity index (χ3v) is 1.35. The van der Waals surface area contributed by atoms with Crippen LogP contribution in [0.1, 0.15) is 19.0 Å². The number of aromatic nitrogens is 1. The number of hydrogen-bond donors (Lipinski definition) is 1. The molecule has 1 aromatic heterocycles. The molecule has 1 rings (SSSR count). The Morgan fingerprint density at radius 1 is 1.60 bits per heavy atom. The van der Waals surface area contributed by atoms with Crippen LogP contribution < -0.4 is 5.43 Å². The van der Waals surface area contributed by atoms with Gasteiger partial charge in [0.05, 0.1) is 0 Å². The first-order chi connectivity index (χ1) is 4.83. The lowest BCUT2D eigenvalue weighted by atomic mass is 10.2. The molecule has 2 nitrogen and oxygen atoms in total. The Morgan fingerprint density at radius 3 is 3.00 bits per heavy atom. The smallest absolute Gasteiger partial charge is 0.181 e. The van der Waals surface area contributed by atoms with Crippen LogP contribution in [0.25, 0.3) is 0 Å². The van der Waals surface area contributed by atoms with Gasteiger partial charge in [-0.25, -0.2) is 0 Å². The van der Waals surface area contributed by atoms with E-state index in [9.17, 15) is 4.79 Å². The van der Waals surface area contributed by atoms with Crippen LogP contribution in [0.15, 0.2) is 23.1 Å². The van der Waals surface area contributed by atoms with E-state index in [1.807, 2.05) is 0 Å². The predicted octanol–water partition coefficient (Wildman–Crippen LogP) is 1.33. The third-order valence-electron chi connectivity index (χ3n) is 1.35. The van der Waals surface area contributed by atoms with E-state index < -0.39 is 0 Å². The van der Waals surface area contributed by atoms with Gasteiger partial charge in [-0.2, -0.15) is 0 Å². The van der Waals surface area contributed by atoms with Crippen molar-refractivity contribution in [2.24, 2.45) is 0 Å². The summed E-state index contributed by atoms with van der Waals surface area (Å²) in [4.78, 5) is 13.8. The number of hydrogen-bond acceptors (Lipinski definition) is 1. The summed E-state index contributed by atoms with van der Waals surface area (Å²) in [6.45, 7) is 2.09. The van der Waals surface area contributed by atoms with Gasteiger partial charge >= 0.3 is 0 Å². The Morgan fingerprint density at radius 2 is 2.40 bits per heavy atom. The van der Waals surface area contributed by atoms with Crippen LogP contribution in [-0.4, -0.2) is 4.98 Å². The summed E-state index contributed by atoms with van der Waals surface area (Å²) >= 11 is 0. The zero-order valence-corrected chi connectivity index (χ0v) is 6.05. The van der Waals surface area contributed by atoms with Gasteiger partial charge in [0.25, 0.3) is 0 Å². The molecule has 1 aromatic rings. The Labute approximate surface area is 59.9 Å². The highest BCUT2D eigenvalue weighted by Gasteiger charge is 1.89. The van der Waals surface area contributed by atoms with Crippen LogP contribution in [0.5, 0.6) is 0 Å². The molecule has 0 radical (unpaired) electrons. The maximum atomic E-state index is 10.7. The van der Waals surface area contributed by atoms with Crippen LogP contribution in [-0.2, 0) is 6.42 Å². The molecular weight excluding hydrogens is 126 g/mol. The Kier molecular flexibility index (Phi) is 2.26. The van der Waals surface area contributed by atoms with E-state index in [0.29, 0.717) is 0 Å². The van der Waals surface area contributed by atoms with Crippen molar-refractivity contribution < 1.29 is 0 Å². The lowest BCUT2D eigenvalue weighted by molar-refractivity contribution is 0.880. The molecule has 0 aliphatic carbocycles. The van der Waals surface area contributed by atoms with Gasteiger partial charge in [0.15, 0.2) is 5.43 Å². The topological polar surface area (TPSA) is 32.9 Å². The maximum absolute atomic E-state index is 10.7. The van der Waals surface area contributed by atoms with E-state index in [2.05, 4.69) is 11.9 Å². The van der Waals surface area contributed by atoms with E-state index in [4.69, 9.17) is 0 Å². The second-order valence-corrected chi connectivity index (χ2v) is 2.30. The average molecular weight is 137 g/mol. The molecule has 10 heavy (non-hydrogen) atoms. The van der Waals surface area contributed by atoms with Gasteiger partial charge in [-0.05, 0) is 6.42 Å². The Hall–Kier alpha value is -1.05. The molecular formula is C8H11NO. The fourth-order valence-electron chi connectivity index (χ4n) is 0.906. The lowest BCUT2D eigenvalue weighted by Gasteiger charge is -1.94. The molecule has 1 heterocycles. The van der Waals surface area contributed by atoms with Crippen molar-refractivity contribution >= 4 is 0 Å². The molecule has 2 heteroatoms. The zero-order valence-electron chi connectivity index (χ0n) is 6.05. The van der Waals surface area contributed by atoms with Gasteiger partial charge in [-0.1, -0.05) is 13.3 Å². The fourth-order valence-corrected chi connectivity index (χ4v) is 0.906. The van der Waals surface area contributed by atoms with Crippen molar-refractivity contribution in [3.8, 4) is 0 Å². The number of pyridine rings is 1. The van der Waals surface area contributed by atoms with Crippen LogP contribution >= 0.6 is 0 Å². The quantitative estimate of drug-likeness (QED) is 0.655. The monoisotopic (exact) mass is 137 g/mol. The number of H-pyrrole nitrogens is 1. The van der Waals surface area contributed by atoms with E-state index >= 15 is 0 Å². The van der Waals surface area contributed by atoms with Crippen LogP contribution in [0, 0.1) is 0 Å². The molecule has 0 fully saturated rings. The van der Waals surface area contributed by atoms with Crippen LogP contribution in [0.4, 0.5) is 0 Å². The van der Waals surface area contributed by atoms with Gasteiger partial charge in [-0.3, -0.25) is 4.79 Å². The number of rotatable bonds is 2. The first-order valence-electron chi connectivity index (χ1n) is 3.50. The fraction of sp³-hybridized carbons (Fsp3) is 0.375. The molecule has 0 aliphatic rings. The van der Waals surface area contributed by atoms with Gasteiger partial charge in [-0.15, -0.1) is 0 Å². The highest BCUT2D eigenvalue weighted by Crippen LogP contribution is 1.92. The van der Waals surface area contributed by atoms with Gasteiger partial charge < -0.3 is 4.98 Å². The largest absolute Gasteiger partial charge is 0.365 e. The molecule has 54 valence electrons. The molecule has 0 unspecified atom stereocenters. The van der Waals surface area contributed by atoms with E-state index in [1.165, 1.54) is 6.07 Å². The molecule has 0 amide bonds. The van der Waals surface area contributed by atoms with Crippen molar-refractivity contribution in [3.63, 3.8) is 0 Å². The highest BCUT2D eigenvalue weighted by molar-refractivity contribution is 5.03. The highest BCUT2D eigenvalue weighted by atomic mass is 16.1. The lowest BCUT2D eigenvalue weighted by Crippen LogP contribution is -2.00. The molecule has 0 aromatic carbocycles. The van der Waals surface area contributed by atoms with Gasteiger partial charge in [0.2, 0.25) is 0 Å². The zero-order chi connectivity index (χ0) is 7.40. The summed E-state index contributed by atoms with van der Waals surface area (Å²) in [6, 6.07) is 3.17. The normalized spacial score (nSPS) is 9.70. The maximum Gasteiger partial charge on any atom is 0.181 e. The molecule has 0 aliphatic heterocycles. The second-order valence-electron chi connectivity index (χ2n) is 2.30. The van der Waals surface area contributed by atoms with Crippen molar-refractivity contribution in [3.05, 3.63) is 34.2 Å². The van der Waals surface area contributed by atoms with Crippen LogP contribution in [0.2, 0.25) is 0 Å². The minimum Gasteiger partial charge on any atom is -0.365 e. The predicted molar refractivity (Wildman–Crippen MR) is 41.1 cm³/mol. The van der Waals surface area contributed by atoms with Crippen molar-refractivity contribution in [1.82, 2.24) is 4.98 Å². The summed E-state index contributed by atoms with van der Waals surface area (Å²) in [5, 5.41) is 0. The molecule has 0 atom stereocenters. The van der Waals surface area contributed by atoms with Crippen molar-refractivity contribution in [2.75, 3.05) is 0 Å². The summed E-state index contributed by atoms with van der Waals surface area (Å²) in [7, 11) is 0. The first kappa shape index (κ1) is 7.06. The number of aryl methyl sites for hydroxylation is 1.